The normalized spacial score (nSPS) is 12.8. The second-order valence-corrected chi connectivity index (χ2v) is 2.96. The molecule has 0 aromatic heterocycles. The third-order valence-corrected chi connectivity index (χ3v) is 1.95. The summed E-state index contributed by atoms with van der Waals surface area (Å²) in [4.78, 5) is 0. The molecule has 0 unspecified atom stereocenters. The Labute approximate surface area is 96.4 Å². The van der Waals surface area contributed by atoms with Gasteiger partial charge in [-0.05, 0) is 12.1 Å². The Morgan fingerprint density at radius 3 is 2.31 bits per heavy atom. The van der Waals surface area contributed by atoms with Gasteiger partial charge in [-0.15, -0.1) is 19.0 Å². The maximum absolute atomic E-state index is 13.2. The highest BCUT2D eigenvalue weighted by Crippen LogP contribution is 2.35. The zero-order valence-corrected chi connectivity index (χ0v) is 8.91. The van der Waals surface area contributed by atoms with Gasteiger partial charge in [0.1, 0.15) is 5.82 Å². The highest BCUT2D eigenvalue weighted by Gasteiger charge is 2.35. The van der Waals surface area contributed by atoms with Crippen molar-refractivity contribution in [2.45, 2.75) is 12.2 Å². The highest BCUT2D eigenvalue weighted by molar-refractivity contribution is 5.85. The first-order chi connectivity index (χ1) is 6.88. The molecule has 2 N–H and O–H groups in total. The van der Waals surface area contributed by atoms with Gasteiger partial charge in [0.05, 0.1) is 11.6 Å². The lowest BCUT2D eigenvalue weighted by atomic mass is 10.00. The first-order valence-corrected chi connectivity index (χ1v) is 4.11. The maximum atomic E-state index is 13.2. The van der Waals surface area contributed by atoms with E-state index in [1.807, 2.05) is 0 Å². The van der Waals surface area contributed by atoms with Gasteiger partial charge in [-0.2, -0.15) is 13.2 Å². The number of alkyl halides is 3. The van der Waals surface area contributed by atoms with Crippen molar-refractivity contribution < 1.29 is 17.6 Å². The molecule has 0 aliphatic carbocycles. The first-order valence-electron chi connectivity index (χ1n) is 4.11. The summed E-state index contributed by atoms with van der Waals surface area (Å²) in [6, 6.07) is 1.57. The third kappa shape index (κ3) is 2.96. The Balaban J connectivity index is 0.00000225. The van der Waals surface area contributed by atoms with Crippen LogP contribution in [0, 0.1) is 5.82 Å². The fourth-order valence-corrected chi connectivity index (χ4v) is 1.24. The number of hydrogen-bond acceptors (Lipinski definition) is 1. The number of hydrogen-bond donors (Lipinski definition) is 1. The molecule has 0 heterocycles. The number of halogens is 5. The van der Waals surface area contributed by atoms with Crippen LogP contribution in [0.2, 0.25) is 0 Å². The molecule has 90 valence electrons. The SMILES string of the molecule is C=C[C@@H](N)c1c(F)cccc1C(F)(F)F.Cl. The van der Waals surface area contributed by atoms with Gasteiger partial charge in [-0.1, -0.05) is 12.1 Å². The molecule has 0 radical (unpaired) electrons. The molecule has 1 atom stereocenters. The Bertz CT molecular complexity index is 376. The molecular formula is C10H10ClF4N. The molecule has 0 aliphatic heterocycles. The number of benzene rings is 1. The number of nitrogens with two attached hydrogens (primary N) is 1. The van der Waals surface area contributed by atoms with E-state index in [-0.39, 0.29) is 12.4 Å². The van der Waals surface area contributed by atoms with E-state index in [4.69, 9.17) is 5.73 Å². The zero-order valence-electron chi connectivity index (χ0n) is 8.09. The Morgan fingerprint density at radius 2 is 1.88 bits per heavy atom. The largest absolute Gasteiger partial charge is 0.416 e. The van der Waals surface area contributed by atoms with Gasteiger partial charge in [0, 0.05) is 5.56 Å². The van der Waals surface area contributed by atoms with Gasteiger partial charge in [0.15, 0.2) is 0 Å². The Hall–Kier alpha value is -1.07. The van der Waals surface area contributed by atoms with Crippen molar-refractivity contribution in [2.24, 2.45) is 5.73 Å². The van der Waals surface area contributed by atoms with Gasteiger partial charge < -0.3 is 5.73 Å². The van der Waals surface area contributed by atoms with Crippen molar-refractivity contribution in [2.75, 3.05) is 0 Å². The second-order valence-electron chi connectivity index (χ2n) is 2.96. The molecule has 1 aromatic carbocycles. The smallest absolute Gasteiger partial charge is 0.321 e. The minimum absolute atomic E-state index is 0. The molecule has 1 aromatic rings. The summed E-state index contributed by atoms with van der Waals surface area (Å²) >= 11 is 0. The number of rotatable bonds is 2. The fraction of sp³-hybridized carbons (Fsp3) is 0.200. The van der Waals surface area contributed by atoms with Crippen LogP contribution in [0.5, 0.6) is 0 Å². The summed E-state index contributed by atoms with van der Waals surface area (Å²) in [5.74, 6) is -0.975. The summed E-state index contributed by atoms with van der Waals surface area (Å²) in [6.45, 7) is 3.24. The second kappa shape index (κ2) is 5.32. The van der Waals surface area contributed by atoms with E-state index < -0.39 is 29.2 Å². The summed E-state index contributed by atoms with van der Waals surface area (Å²) in [5, 5.41) is 0. The Kier molecular flexibility index (Phi) is 4.96. The van der Waals surface area contributed by atoms with Crippen LogP contribution in [0.4, 0.5) is 17.6 Å². The van der Waals surface area contributed by atoms with Crippen LogP contribution in [0.3, 0.4) is 0 Å². The molecule has 16 heavy (non-hydrogen) atoms. The lowest BCUT2D eigenvalue weighted by Crippen LogP contribution is -2.17. The van der Waals surface area contributed by atoms with Crippen molar-refractivity contribution in [1.82, 2.24) is 0 Å². The topological polar surface area (TPSA) is 26.0 Å². The van der Waals surface area contributed by atoms with Crippen LogP contribution in [0.15, 0.2) is 30.9 Å². The predicted octanol–water partition coefficient (Wildman–Crippen LogP) is 3.45. The van der Waals surface area contributed by atoms with E-state index in [0.717, 1.165) is 24.3 Å². The van der Waals surface area contributed by atoms with Crippen LogP contribution < -0.4 is 5.73 Å². The van der Waals surface area contributed by atoms with Crippen LogP contribution in [0.25, 0.3) is 0 Å². The standard InChI is InChI=1S/C10H9F4N.ClH/c1-2-8(15)9-6(10(12,13)14)4-3-5-7(9)11;/h2-5,8H,1,15H2;1H/t8-;/m1./s1. The molecule has 1 nitrogen and oxygen atoms in total. The molecule has 0 bridgehead atoms. The third-order valence-electron chi connectivity index (χ3n) is 1.95. The van der Waals surface area contributed by atoms with Gasteiger partial charge >= 0.3 is 6.18 Å². The zero-order chi connectivity index (χ0) is 11.6. The predicted molar refractivity (Wildman–Crippen MR) is 55.8 cm³/mol. The van der Waals surface area contributed by atoms with Crippen molar-refractivity contribution in [3.05, 3.63) is 47.8 Å². The lowest BCUT2D eigenvalue weighted by Gasteiger charge is -2.16. The molecule has 0 fully saturated rings. The van der Waals surface area contributed by atoms with E-state index in [1.165, 1.54) is 0 Å². The quantitative estimate of drug-likeness (QED) is 0.636. The summed E-state index contributed by atoms with van der Waals surface area (Å²) < 4.78 is 50.6. The van der Waals surface area contributed by atoms with Crippen molar-refractivity contribution in [3.8, 4) is 0 Å². The minimum Gasteiger partial charge on any atom is -0.321 e. The van der Waals surface area contributed by atoms with Gasteiger partial charge in [-0.3, -0.25) is 0 Å². The fourth-order valence-electron chi connectivity index (χ4n) is 1.24. The van der Waals surface area contributed by atoms with E-state index in [9.17, 15) is 17.6 Å². The van der Waals surface area contributed by atoms with Crippen LogP contribution in [0.1, 0.15) is 17.2 Å². The van der Waals surface area contributed by atoms with Gasteiger partial charge in [0.25, 0.3) is 0 Å². The van der Waals surface area contributed by atoms with Crippen molar-refractivity contribution >= 4 is 12.4 Å². The van der Waals surface area contributed by atoms with E-state index in [1.54, 1.807) is 0 Å². The van der Waals surface area contributed by atoms with Crippen molar-refractivity contribution in [1.29, 1.82) is 0 Å². The van der Waals surface area contributed by atoms with Gasteiger partial charge in [-0.25, -0.2) is 4.39 Å². The Morgan fingerprint density at radius 1 is 1.31 bits per heavy atom. The summed E-state index contributed by atoms with van der Waals surface area (Å²) in [6.07, 6.45) is -3.55. The molecule has 0 aliphatic rings. The maximum Gasteiger partial charge on any atom is 0.416 e. The van der Waals surface area contributed by atoms with Crippen LogP contribution in [-0.2, 0) is 6.18 Å². The summed E-state index contributed by atoms with van der Waals surface area (Å²) in [7, 11) is 0. The monoisotopic (exact) mass is 255 g/mol. The summed E-state index contributed by atoms with van der Waals surface area (Å²) in [5.41, 5.74) is 3.70. The first kappa shape index (κ1) is 14.9. The van der Waals surface area contributed by atoms with E-state index >= 15 is 0 Å². The molecule has 0 saturated heterocycles. The van der Waals surface area contributed by atoms with Crippen molar-refractivity contribution in [3.63, 3.8) is 0 Å². The van der Waals surface area contributed by atoms with E-state index in [2.05, 4.69) is 6.58 Å². The lowest BCUT2D eigenvalue weighted by molar-refractivity contribution is -0.138. The highest BCUT2D eigenvalue weighted by atomic mass is 35.5. The molecule has 0 amide bonds. The molecule has 0 saturated carbocycles. The average Bonchev–Trinajstić information content (AvgIpc) is 2.15. The van der Waals surface area contributed by atoms with Gasteiger partial charge in [0.2, 0.25) is 0 Å². The van der Waals surface area contributed by atoms with E-state index in [0.29, 0.717) is 0 Å². The molecular weight excluding hydrogens is 246 g/mol. The molecule has 6 heteroatoms. The van der Waals surface area contributed by atoms with Crippen LogP contribution in [-0.4, -0.2) is 0 Å². The average molecular weight is 256 g/mol. The van der Waals surface area contributed by atoms with Crippen LogP contribution >= 0.6 is 12.4 Å². The molecule has 1 rings (SSSR count). The minimum atomic E-state index is -4.61. The molecule has 0 spiro atoms.